The number of hydrogen-bond donors (Lipinski definition) is 1. The van der Waals surface area contributed by atoms with Crippen LogP contribution in [0.15, 0.2) is 108 Å². The first-order valence-electron chi connectivity index (χ1n) is 13.5. The lowest BCUT2D eigenvalue weighted by Crippen LogP contribution is -2.24. The second-order valence-corrected chi connectivity index (χ2v) is 10.5. The maximum absolute atomic E-state index is 12.3. The van der Waals surface area contributed by atoms with E-state index in [4.69, 9.17) is 21.3 Å². The number of rotatable bonds is 7. The number of carbonyl (C=O) groups excluding carboxylic acids is 1. The molecule has 7 heteroatoms. The van der Waals surface area contributed by atoms with Gasteiger partial charge in [-0.1, -0.05) is 59.6 Å². The van der Waals surface area contributed by atoms with Crippen molar-refractivity contribution in [1.82, 2.24) is 15.4 Å². The van der Waals surface area contributed by atoms with Crippen molar-refractivity contribution in [1.29, 1.82) is 0 Å². The fourth-order valence-electron chi connectivity index (χ4n) is 4.78. The summed E-state index contributed by atoms with van der Waals surface area (Å²) in [5.41, 5.74) is 11.1. The lowest BCUT2D eigenvalue weighted by molar-refractivity contribution is -0.123. The predicted molar refractivity (Wildman–Crippen MR) is 170 cm³/mol. The van der Waals surface area contributed by atoms with Crippen LogP contribution < -0.4 is 10.2 Å². The van der Waals surface area contributed by atoms with Crippen molar-refractivity contribution < 1.29 is 9.53 Å². The van der Waals surface area contributed by atoms with Crippen LogP contribution in [0.2, 0.25) is 5.02 Å². The van der Waals surface area contributed by atoms with E-state index in [0.717, 1.165) is 49.9 Å². The first kappa shape index (κ1) is 27.1. The van der Waals surface area contributed by atoms with Crippen molar-refractivity contribution in [3.05, 3.63) is 125 Å². The van der Waals surface area contributed by atoms with E-state index in [1.165, 1.54) is 11.8 Å². The first-order valence-corrected chi connectivity index (χ1v) is 13.9. The minimum Gasteiger partial charge on any atom is -0.484 e. The lowest BCUT2D eigenvalue weighted by atomic mass is 9.97. The number of benzene rings is 4. The van der Waals surface area contributed by atoms with Gasteiger partial charge in [-0.15, -0.1) is 0 Å². The summed E-state index contributed by atoms with van der Waals surface area (Å²) in [6, 6.07) is 33.9. The largest absolute Gasteiger partial charge is 0.484 e. The lowest BCUT2D eigenvalue weighted by Gasteiger charge is -2.12. The molecule has 42 heavy (non-hydrogen) atoms. The number of carbonyl (C=O) groups is 1. The third kappa shape index (κ3) is 5.99. The monoisotopic (exact) mass is 570 g/mol. The Labute approximate surface area is 248 Å². The summed E-state index contributed by atoms with van der Waals surface area (Å²) in [6.45, 7) is 3.84. The summed E-state index contributed by atoms with van der Waals surface area (Å²) in [7, 11) is 0. The Kier molecular flexibility index (Phi) is 7.62. The second-order valence-electron chi connectivity index (χ2n) is 10.1. The molecule has 0 fully saturated rings. The van der Waals surface area contributed by atoms with Crippen LogP contribution in [0.1, 0.15) is 16.8 Å². The molecule has 6 aromatic rings. The normalized spacial score (nSPS) is 11.3. The third-order valence-electron chi connectivity index (χ3n) is 6.91. The van der Waals surface area contributed by atoms with Crippen molar-refractivity contribution in [3.63, 3.8) is 0 Å². The molecule has 2 aromatic heterocycles. The van der Waals surface area contributed by atoms with Gasteiger partial charge in [-0.05, 0) is 85.6 Å². The summed E-state index contributed by atoms with van der Waals surface area (Å²) in [6.07, 6.45) is 1.51. The van der Waals surface area contributed by atoms with Crippen molar-refractivity contribution in [3.8, 4) is 28.1 Å². The van der Waals surface area contributed by atoms with E-state index in [0.29, 0.717) is 16.3 Å². The van der Waals surface area contributed by atoms with Crippen LogP contribution in [-0.4, -0.2) is 28.7 Å². The Balaban J connectivity index is 1.12. The van der Waals surface area contributed by atoms with Crippen molar-refractivity contribution in [2.45, 2.75) is 13.8 Å². The molecular weight excluding hydrogens is 544 g/mol. The van der Waals surface area contributed by atoms with Crippen molar-refractivity contribution >= 4 is 45.5 Å². The Morgan fingerprint density at radius 1 is 0.857 bits per heavy atom. The molecular formula is C35H27ClN4O2. The van der Waals surface area contributed by atoms with Crippen LogP contribution in [-0.2, 0) is 4.79 Å². The van der Waals surface area contributed by atoms with Gasteiger partial charge in [-0.25, -0.2) is 10.4 Å². The van der Waals surface area contributed by atoms with Crippen LogP contribution in [0.3, 0.4) is 0 Å². The molecule has 0 aliphatic heterocycles. The topological polar surface area (TPSA) is 76.5 Å². The summed E-state index contributed by atoms with van der Waals surface area (Å²) in [5, 5.41) is 6.60. The fourth-order valence-corrected chi connectivity index (χ4v) is 4.99. The number of hydrazone groups is 1. The molecule has 1 N–H and O–H groups in total. The molecule has 0 atom stereocenters. The SMILES string of the molecule is Cc1ccc2nc(-c3ccc(OCC(=O)N/N=C/c4cc5ccc(C)nc5cc4Cl)cc3)cc(-c3ccccc3)c2c1. The average Bonchev–Trinajstić information content (AvgIpc) is 3.00. The maximum Gasteiger partial charge on any atom is 0.277 e. The van der Waals surface area contributed by atoms with Crippen LogP contribution in [0.25, 0.3) is 44.2 Å². The average molecular weight is 571 g/mol. The minimum absolute atomic E-state index is 0.183. The molecule has 0 saturated heterocycles. The second kappa shape index (κ2) is 11.8. The van der Waals surface area contributed by atoms with Gasteiger partial charge < -0.3 is 4.74 Å². The van der Waals surface area contributed by atoms with Gasteiger partial charge in [0, 0.05) is 27.6 Å². The molecule has 206 valence electrons. The number of nitrogens with one attached hydrogen (secondary N) is 1. The highest BCUT2D eigenvalue weighted by molar-refractivity contribution is 6.33. The van der Waals surface area contributed by atoms with Gasteiger partial charge in [0.15, 0.2) is 6.61 Å². The Hall–Kier alpha value is -5.07. The summed E-state index contributed by atoms with van der Waals surface area (Å²) >= 11 is 6.37. The smallest absolute Gasteiger partial charge is 0.277 e. The number of halogens is 1. The number of hydrogen-bond acceptors (Lipinski definition) is 5. The standard InChI is InChI=1S/C35H27ClN4O2/c1-22-8-15-32-30(16-22)29(24-6-4-3-5-7-24)18-33(39-32)25-11-13-28(14-12-25)42-21-35(41)40-37-20-27-17-26-10-9-23(2)38-34(26)19-31(27)36/h3-20H,21H2,1-2H3,(H,40,41)/b37-20+. The van der Waals surface area contributed by atoms with Crippen LogP contribution in [0.4, 0.5) is 0 Å². The molecule has 0 spiro atoms. The van der Waals surface area contributed by atoms with E-state index in [2.05, 4.69) is 58.8 Å². The molecule has 0 saturated carbocycles. The molecule has 1 amide bonds. The number of aryl methyl sites for hydroxylation is 2. The van der Waals surface area contributed by atoms with Gasteiger partial charge in [-0.3, -0.25) is 9.78 Å². The van der Waals surface area contributed by atoms with E-state index in [1.54, 1.807) is 6.07 Å². The molecule has 6 nitrogen and oxygen atoms in total. The molecule has 6 rings (SSSR count). The van der Waals surface area contributed by atoms with Gasteiger partial charge in [0.25, 0.3) is 5.91 Å². The van der Waals surface area contributed by atoms with Crippen molar-refractivity contribution in [2.24, 2.45) is 5.10 Å². The van der Waals surface area contributed by atoms with Crippen molar-refractivity contribution in [2.75, 3.05) is 6.61 Å². The zero-order valence-electron chi connectivity index (χ0n) is 23.1. The third-order valence-corrected chi connectivity index (χ3v) is 7.24. The molecule has 0 bridgehead atoms. The highest BCUT2D eigenvalue weighted by Gasteiger charge is 2.11. The van der Waals surface area contributed by atoms with Crippen LogP contribution >= 0.6 is 11.6 Å². The fraction of sp³-hybridized carbons (Fsp3) is 0.0857. The highest BCUT2D eigenvalue weighted by atomic mass is 35.5. The van der Waals surface area contributed by atoms with Gasteiger partial charge >= 0.3 is 0 Å². The van der Waals surface area contributed by atoms with E-state index in [9.17, 15) is 4.79 Å². The van der Waals surface area contributed by atoms with E-state index < -0.39 is 0 Å². The zero-order chi connectivity index (χ0) is 29.1. The Morgan fingerprint density at radius 2 is 1.67 bits per heavy atom. The number of aromatic nitrogens is 2. The van der Waals surface area contributed by atoms with Gasteiger partial charge in [-0.2, -0.15) is 5.10 Å². The van der Waals surface area contributed by atoms with Gasteiger partial charge in [0.1, 0.15) is 5.75 Å². The molecule has 0 unspecified atom stereocenters. The molecule has 0 radical (unpaired) electrons. The minimum atomic E-state index is -0.386. The number of fused-ring (bicyclic) bond motifs is 2. The highest BCUT2D eigenvalue weighted by Crippen LogP contribution is 2.33. The summed E-state index contributed by atoms with van der Waals surface area (Å²) in [5.74, 6) is 0.182. The quantitative estimate of drug-likeness (QED) is 0.156. The number of nitrogens with zero attached hydrogens (tertiary/aromatic N) is 3. The first-order chi connectivity index (χ1) is 20.4. The maximum atomic E-state index is 12.3. The predicted octanol–water partition coefficient (Wildman–Crippen LogP) is 7.92. The van der Waals surface area contributed by atoms with E-state index in [1.807, 2.05) is 67.6 Å². The zero-order valence-corrected chi connectivity index (χ0v) is 23.9. The number of pyridine rings is 2. The Bertz CT molecular complexity index is 1960. The van der Waals surface area contributed by atoms with Gasteiger partial charge in [0.05, 0.1) is 28.0 Å². The Morgan fingerprint density at radius 3 is 2.48 bits per heavy atom. The van der Waals surface area contributed by atoms with E-state index >= 15 is 0 Å². The number of ether oxygens (including phenoxy) is 1. The van der Waals surface area contributed by atoms with Crippen LogP contribution in [0, 0.1) is 13.8 Å². The molecule has 4 aromatic carbocycles. The molecule has 0 aliphatic carbocycles. The molecule has 2 heterocycles. The molecule has 0 aliphatic rings. The van der Waals surface area contributed by atoms with E-state index in [-0.39, 0.29) is 12.5 Å². The van der Waals surface area contributed by atoms with Crippen LogP contribution in [0.5, 0.6) is 5.75 Å². The summed E-state index contributed by atoms with van der Waals surface area (Å²) in [4.78, 5) is 21.8. The number of amides is 1. The summed E-state index contributed by atoms with van der Waals surface area (Å²) < 4.78 is 5.69. The van der Waals surface area contributed by atoms with Gasteiger partial charge in [0.2, 0.25) is 0 Å².